The molecule has 3 heterocycles. The predicted molar refractivity (Wildman–Crippen MR) is 116 cm³/mol. The Hall–Kier alpha value is -3.45. The van der Waals surface area contributed by atoms with E-state index in [1.54, 1.807) is 29.3 Å². The summed E-state index contributed by atoms with van der Waals surface area (Å²) >= 11 is 6.06. The summed E-state index contributed by atoms with van der Waals surface area (Å²) in [6.07, 6.45) is 3.79. The van der Waals surface area contributed by atoms with E-state index >= 15 is 0 Å². The van der Waals surface area contributed by atoms with Crippen LogP contribution < -0.4 is 0 Å². The molecule has 2 aromatic carbocycles. The number of aromatic nitrogens is 2. The lowest BCUT2D eigenvalue weighted by Crippen LogP contribution is -2.30. The summed E-state index contributed by atoms with van der Waals surface area (Å²) in [5, 5.41) is 4.55. The van der Waals surface area contributed by atoms with Crippen molar-refractivity contribution in [1.29, 1.82) is 0 Å². The molecule has 1 amide bonds. The summed E-state index contributed by atoms with van der Waals surface area (Å²) in [6, 6.07) is 15.0. The molecule has 2 aromatic heterocycles. The predicted octanol–water partition coefficient (Wildman–Crippen LogP) is 5.69. The van der Waals surface area contributed by atoms with E-state index in [0.29, 0.717) is 29.6 Å². The Kier molecular flexibility index (Phi) is 5.49. The van der Waals surface area contributed by atoms with Gasteiger partial charge in [0.15, 0.2) is 0 Å². The van der Waals surface area contributed by atoms with E-state index in [1.807, 2.05) is 24.3 Å². The Labute approximate surface area is 188 Å². The number of amides is 1. The van der Waals surface area contributed by atoms with Gasteiger partial charge in [-0.1, -0.05) is 41.0 Å². The van der Waals surface area contributed by atoms with Gasteiger partial charge in [0, 0.05) is 29.6 Å². The van der Waals surface area contributed by atoms with Crippen LogP contribution in [0.15, 0.2) is 69.7 Å². The van der Waals surface area contributed by atoms with Gasteiger partial charge in [-0.2, -0.15) is 0 Å². The van der Waals surface area contributed by atoms with Gasteiger partial charge in [-0.3, -0.25) is 4.79 Å². The van der Waals surface area contributed by atoms with Gasteiger partial charge >= 0.3 is 0 Å². The number of halogens is 2. The van der Waals surface area contributed by atoms with E-state index in [-0.39, 0.29) is 29.0 Å². The topological polar surface area (TPSA) is 72.4 Å². The molecule has 0 saturated carbocycles. The molecule has 4 aromatic rings. The first-order valence-corrected chi connectivity index (χ1v) is 10.7. The van der Waals surface area contributed by atoms with E-state index in [9.17, 15) is 9.18 Å². The summed E-state index contributed by atoms with van der Waals surface area (Å²) in [5.74, 6) is 0.494. The minimum absolute atomic E-state index is 0.0564. The van der Waals surface area contributed by atoms with Gasteiger partial charge in [-0.05, 0) is 42.7 Å². The van der Waals surface area contributed by atoms with Crippen molar-refractivity contribution in [3.05, 3.63) is 94.6 Å². The summed E-state index contributed by atoms with van der Waals surface area (Å²) < 4.78 is 25.3. The number of carbonyl (C=O) groups is 1. The Morgan fingerprint density at radius 3 is 2.91 bits per heavy atom. The summed E-state index contributed by atoms with van der Waals surface area (Å²) in [4.78, 5) is 19.2. The highest BCUT2D eigenvalue weighted by molar-refractivity contribution is 6.30. The molecule has 1 atom stereocenters. The van der Waals surface area contributed by atoms with E-state index in [1.165, 1.54) is 12.1 Å². The molecule has 0 aliphatic carbocycles. The number of hydrogen-bond acceptors (Lipinski definition) is 5. The van der Waals surface area contributed by atoms with Crippen molar-refractivity contribution in [2.45, 2.75) is 25.3 Å². The fourth-order valence-electron chi connectivity index (χ4n) is 3.99. The molecule has 1 saturated heterocycles. The number of oxazole rings is 1. The van der Waals surface area contributed by atoms with Crippen molar-refractivity contribution in [2.24, 2.45) is 0 Å². The van der Waals surface area contributed by atoms with Gasteiger partial charge < -0.3 is 13.8 Å². The molecular weight excluding hydrogens is 433 g/mol. The molecule has 0 spiro atoms. The van der Waals surface area contributed by atoms with E-state index < -0.39 is 5.82 Å². The smallest absolute Gasteiger partial charge is 0.293 e. The Morgan fingerprint density at radius 2 is 2.06 bits per heavy atom. The molecular formula is C24H19ClFN3O3. The summed E-state index contributed by atoms with van der Waals surface area (Å²) in [7, 11) is 0. The van der Waals surface area contributed by atoms with Crippen LogP contribution in [-0.4, -0.2) is 27.5 Å². The largest absolute Gasteiger partial charge is 0.443 e. The molecule has 6 nitrogen and oxygen atoms in total. The third-order valence-electron chi connectivity index (χ3n) is 5.51. The third-order valence-corrected chi connectivity index (χ3v) is 5.74. The summed E-state index contributed by atoms with van der Waals surface area (Å²) in [6.45, 7) is 0.547. The standard InChI is InChI=1S/C24H19ClFN3O3/c25-16-6-3-5-15(11-16)12-17-14-27-23(31-17)21-9-4-10-29(21)24(30)22-13-20(28-32-22)18-7-1-2-8-19(18)26/h1-3,5-8,11,13-14,21H,4,9-10,12H2/t21-/m1/s1. The number of hydrogen-bond donors (Lipinski definition) is 0. The first-order chi connectivity index (χ1) is 15.6. The van der Waals surface area contributed by atoms with E-state index in [4.69, 9.17) is 20.5 Å². The molecule has 8 heteroatoms. The molecule has 5 rings (SSSR count). The second kappa shape index (κ2) is 8.59. The molecule has 0 radical (unpaired) electrons. The Balaban J connectivity index is 1.33. The quantitative estimate of drug-likeness (QED) is 0.389. The Bertz CT molecular complexity index is 1270. The maximum absolute atomic E-state index is 14.0. The zero-order valence-corrected chi connectivity index (χ0v) is 17.8. The molecule has 1 aliphatic rings. The fourth-order valence-corrected chi connectivity index (χ4v) is 4.20. The second-order valence-electron chi connectivity index (χ2n) is 7.68. The van der Waals surface area contributed by atoms with Crippen LogP contribution in [0.25, 0.3) is 11.3 Å². The van der Waals surface area contributed by atoms with Gasteiger partial charge in [0.25, 0.3) is 5.91 Å². The number of carbonyl (C=O) groups excluding carboxylic acids is 1. The van der Waals surface area contributed by atoms with Crippen molar-refractivity contribution in [3.63, 3.8) is 0 Å². The molecule has 0 bridgehead atoms. The maximum Gasteiger partial charge on any atom is 0.293 e. The third kappa shape index (κ3) is 4.03. The number of likely N-dealkylation sites (tertiary alicyclic amines) is 1. The minimum Gasteiger partial charge on any atom is -0.443 e. The average molecular weight is 452 g/mol. The van der Waals surface area contributed by atoms with E-state index in [0.717, 1.165) is 18.4 Å². The molecule has 1 aliphatic heterocycles. The molecule has 0 N–H and O–H groups in total. The first-order valence-electron chi connectivity index (χ1n) is 10.3. The lowest BCUT2D eigenvalue weighted by Gasteiger charge is -2.20. The van der Waals surface area contributed by atoms with Crippen LogP contribution >= 0.6 is 11.6 Å². The van der Waals surface area contributed by atoms with Crippen LogP contribution in [0.1, 0.15) is 46.7 Å². The van der Waals surface area contributed by atoms with Crippen molar-refractivity contribution < 1.29 is 18.1 Å². The lowest BCUT2D eigenvalue weighted by molar-refractivity contribution is 0.0672. The number of rotatable bonds is 5. The zero-order valence-electron chi connectivity index (χ0n) is 17.0. The van der Waals surface area contributed by atoms with Crippen LogP contribution in [-0.2, 0) is 6.42 Å². The lowest BCUT2D eigenvalue weighted by atomic mass is 10.1. The van der Waals surface area contributed by atoms with Gasteiger partial charge in [-0.15, -0.1) is 0 Å². The number of nitrogens with zero attached hydrogens (tertiary/aromatic N) is 3. The Morgan fingerprint density at radius 1 is 1.19 bits per heavy atom. The minimum atomic E-state index is -0.425. The van der Waals surface area contributed by atoms with Gasteiger partial charge in [0.1, 0.15) is 23.3 Å². The van der Waals surface area contributed by atoms with Crippen LogP contribution in [0.3, 0.4) is 0 Å². The van der Waals surface area contributed by atoms with Crippen LogP contribution in [0.5, 0.6) is 0 Å². The van der Waals surface area contributed by atoms with Crippen LogP contribution in [0.2, 0.25) is 5.02 Å². The van der Waals surface area contributed by atoms with Gasteiger partial charge in [0.05, 0.1) is 6.20 Å². The second-order valence-corrected chi connectivity index (χ2v) is 8.12. The molecule has 1 fully saturated rings. The van der Waals surface area contributed by atoms with Crippen molar-refractivity contribution in [2.75, 3.05) is 6.54 Å². The van der Waals surface area contributed by atoms with Gasteiger partial charge in [-0.25, -0.2) is 9.37 Å². The molecule has 0 unspecified atom stereocenters. The van der Waals surface area contributed by atoms with Gasteiger partial charge in [0.2, 0.25) is 11.7 Å². The SMILES string of the molecule is O=C(c1cc(-c2ccccc2F)no1)N1CCC[C@@H]1c1ncc(Cc2cccc(Cl)c2)o1. The van der Waals surface area contributed by atoms with Crippen molar-refractivity contribution in [3.8, 4) is 11.3 Å². The zero-order chi connectivity index (χ0) is 22.1. The van der Waals surface area contributed by atoms with E-state index in [2.05, 4.69) is 10.1 Å². The molecule has 162 valence electrons. The van der Waals surface area contributed by atoms with Crippen LogP contribution in [0.4, 0.5) is 4.39 Å². The first kappa shape index (κ1) is 20.5. The maximum atomic E-state index is 14.0. The highest BCUT2D eigenvalue weighted by Crippen LogP contribution is 2.34. The van der Waals surface area contributed by atoms with Crippen LogP contribution in [0, 0.1) is 5.82 Å². The highest BCUT2D eigenvalue weighted by Gasteiger charge is 2.35. The highest BCUT2D eigenvalue weighted by atomic mass is 35.5. The summed E-state index contributed by atoms with van der Waals surface area (Å²) in [5.41, 5.74) is 1.58. The normalized spacial score (nSPS) is 15.9. The molecule has 32 heavy (non-hydrogen) atoms. The van der Waals surface area contributed by atoms with Crippen molar-refractivity contribution in [1.82, 2.24) is 15.0 Å². The fraction of sp³-hybridized carbons (Fsp3) is 0.208. The van der Waals surface area contributed by atoms with Crippen molar-refractivity contribution >= 4 is 17.5 Å². The number of benzene rings is 2. The average Bonchev–Trinajstić information content (AvgIpc) is 3.54. The monoisotopic (exact) mass is 451 g/mol.